The van der Waals surface area contributed by atoms with E-state index in [4.69, 9.17) is 5.26 Å². The van der Waals surface area contributed by atoms with Gasteiger partial charge >= 0.3 is 24.1 Å². The van der Waals surface area contributed by atoms with Crippen LogP contribution in [0.15, 0.2) is 0 Å². The molecule has 0 unspecified atom stereocenters. The normalized spacial score (nSPS) is 14.4. The Bertz CT molecular complexity index is 339. The Labute approximate surface area is 109 Å². The van der Waals surface area contributed by atoms with Gasteiger partial charge in [0.15, 0.2) is 0 Å². The van der Waals surface area contributed by atoms with Crippen molar-refractivity contribution in [2.24, 2.45) is 0 Å². The molecule has 0 saturated heterocycles. The first-order valence-electron chi connectivity index (χ1n) is 4.01. The number of nitrogens with zero attached hydrogens (tertiary/aromatic N) is 1. The summed E-state index contributed by atoms with van der Waals surface area (Å²) in [6.07, 6.45) is -13.4. The van der Waals surface area contributed by atoms with Crippen molar-refractivity contribution >= 4 is 22.6 Å². The molecule has 0 spiro atoms. The minimum atomic E-state index is -6.04. The van der Waals surface area contributed by atoms with E-state index in [0.29, 0.717) is 0 Å². The van der Waals surface area contributed by atoms with Crippen molar-refractivity contribution in [3.8, 4) is 6.07 Å². The molecule has 0 aromatic heterocycles. The standard InChI is InChI=1S/C7H4F8INO/c8-4(9,1-2-16)6(12,13)18-7(14,15)5(10,11)3-17/h1-2H2. The van der Waals surface area contributed by atoms with Gasteiger partial charge in [-0.15, -0.1) is 0 Å². The fraction of sp³-hybridized carbons (Fsp3) is 0.857. The molecule has 18 heavy (non-hydrogen) atoms. The van der Waals surface area contributed by atoms with E-state index in [1.807, 2.05) is 0 Å². The van der Waals surface area contributed by atoms with Crippen LogP contribution in [0.1, 0.15) is 6.42 Å². The van der Waals surface area contributed by atoms with Crippen molar-refractivity contribution in [3.63, 3.8) is 0 Å². The third kappa shape index (κ3) is 3.56. The monoisotopic (exact) mass is 397 g/mol. The molecule has 0 heterocycles. The summed E-state index contributed by atoms with van der Waals surface area (Å²) in [6, 6.07) is -0.300. The Morgan fingerprint density at radius 1 is 0.944 bits per heavy atom. The number of halogens is 9. The molecule has 11 heteroatoms. The average molecular weight is 397 g/mol. The van der Waals surface area contributed by atoms with Gasteiger partial charge in [0.1, 0.15) is 6.07 Å². The van der Waals surface area contributed by atoms with E-state index in [0.717, 1.165) is 0 Å². The maximum atomic E-state index is 12.7. The predicted octanol–water partition coefficient (Wildman–Crippen LogP) is 3.81. The predicted molar refractivity (Wildman–Crippen MR) is 50.0 cm³/mol. The van der Waals surface area contributed by atoms with Crippen LogP contribution in [0.25, 0.3) is 0 Å². The first-order chi connectivity index (χ1) is 7.83. The maximum Gasteiger partial charge on any atom is 0.438 e. The van der Waals surface area contributed by atoms with Crippen LogP contribution in [0, 0.1) is 11.3 Å². The van der Waals surface area contributed by atoms with Crippen molar-refractivity contribution in [2.75, 3.05) is 4.43 Å². The zero-order valence-electron chi connectivity index (χ0n) is 8.17. The Hall–Kier alpha value is -0.380. The van der Waals surface area contributed by atoms with Gasteiger partial charge in [0, 0.05) is 10.8 Å². The molecule has 0 aliphatic rings. The first-order valence-corrected chi connectivity index (χ1v) is 5.54. The number of alkyl halides is 9. The van der Waals surface area contributed by atoms with Crippen molar-refractivity contribution < 1.29 is 39.9 Å². The molecule has 0 fully saturated rings. The zero-order valence-corrected chi connectivity index (χ0v) is 10.3. The molecule has 106 valence electrons. The molecule has 0 rings (SSSR count). The van der Waals surface area contributed by atoms with Gasteiger partial charge in [-0.05, 0) is 0 Å². The van der Waals surface area contributed by atoms with Gasteiger partial charge in [0.05, 0.1) is 0 Å². The molecule has 0 atom stereocenters. The van der Waals surface area contributed by atoms with Crippen LogP contribution >= 0.6 is 22.6 Å². The molecular weight excluding hydrogens is 393 g/mol. The Morgan fingerprint density at radius 2 is 1.39 bits per heavy atom. The molecule has 0 bridgehead atoms. The summed E-state index contributed by atoms with van der Waals surface area (Å²) >= 11 is 1.26. The number of rotatable bonds is 6. The lowest BCUT2D eigenvalue weighted by atomic mass is 10.2. The van der Waals surface area contributed by atoms with Crippen LogP contribution in [0.3, 0.4) is 0 Å². The highest BCUT2D eigenvalue weighted by Gasteiger charge is 2.69. The van der Waals surface area contributed by atoms with Gasteiger partial charge in [0.2, 0.25) is 0 Å². The zero-order chi connectivity index (χ0) is 14.8. The molecule has 0 aromatic carbocycles. The number of hydrogen-bond acceptors (Lipinski definition) is 2. The highest BCUT2D eigenvalue weighted by atomic mass is 127. The summed E-state index contributed by atoms with van der Waals surface area (Å²) in [5.41, 5.74) is 0. The van der Waals surface area contributed by atoms with Crippen LogP contribution in [-0.4, -0.2) is 28.5 Å². The van der Waals surface area contributed by atoms with Crippen molar-refractivity contribution in [1.82, 2.24) is 0 Å². The molecule has 0 saturated carbocycles. The topological polar surface area (TPSA) is 33.0 Å². The summed E-state index contributed by atoms with van der Waals surface area (Å²) in [6.45, 7) is 0. The van der Waals surface area contributed by atoms with Gasteiger partial charge in [-0.25, -0.2) is 4.74 Å². The molecule has 0 amide bonds. The summed E-state index contributed by atoms with van der Waals surface area (Å²) < 4.78 is 102. The van der Waals surface area contributed by atoms with Crippen molar-refractivity contribution in [1.29, 1.82) is 5.26 Å². The number of hydrogen-bond donors (Lipinski definition) is 0. The maximum absolute atomic E-state index is 12.7. The molecule has 0 aliphatic carbocycles. The minimum absolute atomic E-state index is 0.300. The second kappa shape index (κ2) is 5.32. The van der Waals surface area contributed by atoms with Crippen LogP contribution in [0.2, 0.25) is 0 Å². The van der Waals surface area contributed by atoms with Gasteiger partial charge in [-0.3, -0.25) is 0 Å². The van der Waals surface area contributed by atoms with Crippen LogP contribution in [0.4, 0.5) is 35.1 Å². The Kier molecular flexibility index (Phi) is 5.20. The van der Waals surface area contributed by atoms with E-state index < -0.39 is 34.9 Å². The highest BCUT2D eigenvalue weighted by molar-refractivity contribution is 14.1. The molecule has 0 aliphatic heterocycles. The van der Waals surface area contributed by atoms with Crippen molar-refractivity contribution in [2.45, 2.75) is 30.5 Å². The summed E-state index contributed by atoms with van der Waals surface area (Å²) in [5.74, 6) is -10.7. The third-order valence-corrected chi connectivity index (χ3v) is 2.14. The molecular formula is C7H4F8INO. The lowest BCUT2D eigenvalue weighted by molar-refractivity contribution is -0.459. The van der Waals surface area contributed by atoms with E-state index in [1.165, 1.54) is 22.6 Å². The molecule has 0 N–H and O–H groups in total. The smallest absolute Gasteiger partial charge is 0.245 e. The minimum Gasteiger partial charge on any atom is -0.245 e. The van der Waals surface area contributed by atoms with E-state index >= 15 is 0 Å². The van der Waals surface area contributed by atoms with Gasteiger partial charge < -0.3 is 0 Å². The number of nitriles is 1. The van der Waals surface area contributed by atoms with Crippen LogP contribution in [-0.2, 0) is 4.74 Å². The fourth-order valence-electron chi connectivity index (χ4n) is 0.629. The SMILES string of the molecule is N#CC(F)(F)C(F)(F)OC(F)(F)C(F)(F)CCI. The van der Waals surface area contributed by atoms with E-state index in [-0.39, 0.29) is 6.07 Å². The third-order valence-electron chi connectivity index (χ3n) is 1.60. The average Bonchev–Trinajstić information content (AvgIpc) is 2.15. The van der Waals surface area contributed by atoms with Gasteiger partial charge in [-0.1, -0.05) is 22.6 Å². The lowest BCUT2D eigenvalue weighted by Crippen LogP contribution is -2.53. The van der Waals surface area contributed by atoms with E-state index in [9.17, 15) is 35.1 Å². The first kappa shape index (κ1) is 17.6. The van der Waals surface area contributed by atoms with Gasteiger partial charge in [0.25, 0.3) is 0 Å². The molecule has 2 nitrogen and oxygen atoms in total. The van der Waals surface area contributed by atoms with Crippen LogP contribution < -0.4 is 0 Å². The second-order valence-corrected chi connectivity index (χ2v) is 4.04. The van der Waals surface area contributed by atoms with E-state index in [2.05, 4.69) is 4.74 Å². The summed E-state index contributed by atoms with van der Waals surface area (Å²) in [5, 5.41) is 7.64. The van der Waals surface area contributed by atoms with Crippen LogP contribution in [0.5, 0.6) is 0 Å². The number of ether oxygens (including phenoxy) is 1. The Balaban J connectivity index is 5.16. The quantitative estimate of drug-likeness (QED) is 0.388. The lowest BCUT2D eigenvalue weighted by Gasteiger charge is -2.30. The largest absolute Gasteiger partial charge is 0.438 e. The molecule has 0 aromatic rings. The summed E-state index contributed by atoms with van der Waals surface area (Å²) in [7, 11) is 0. The van der Waals surface area contributed by atoms with Gasteiger partial charge in [-0.2, -0.15) is 40.4 Å². The summed E-state index contributed by atoms with van der Waals surface area (Å²) in [4.78, 5) is 0. The highest BCUT2D eigenvalue weighted by Crippen LogP contribution is 2.45. The van der Waals surface area contributed by atoms with Crippen molar-refractivity contribution in [3.05, 3.63) is 0 Å². The second-order valence-electron chi connectivity index (χ2n) is 2.97. The molecule has 0 radical (unpaired) electrons. The Morgan fingerprint density at radius 3 is 1.72 bits per heavy atom. The van der Waals surface area contributed by atoms with E-state index in [1.54, 1.807) is 0 Å². The fourth-order valence-corrected chi connectivity index (χ4v) is 1.31.